The van der Waals surface area contributed by atoms with Gasteiger partial charge in [-0.2, -0.15) is 0 Å². The Kier molecular flexibility index (Phi) is 8.83. The van der Waals surface area contributed by atoms with Crippen LogP contribution in [0, 0.1) is 0 Å². The van der Waals surface area contributed by atoms with E-state index in [1.807, 2.05) is 33.8 Å². The summed E-state index contributed by atoms with van der Waals surface area (Å²) in [6.45, 7) is 18.6. The molecule has 4 heteroatoms. The summed E-state index contributed by atoms with van der Waals surface area (Å²) in [7, 11) is 0. The van der Waals surface area contributed by atoms with E-state index < -0.39 is 5.60 Å². The average molecular weight is 296 g/mol. The van der Waals surface area contributed by atoms with Crippen molar-refractivity contribution >= 4 is 6.09 Å². The van der Waals surface area contributed by atoms with Crippen molar-refractivity contribution in [1.29, 1.82) is 0 Å². The van der Waals surface area contributed by atoms with E-state index in [9.17, 15) is 4.79 Å². The standard InChI is InChI=1S/C13H24N2O2.C4H8/c1-6-11(2)14-7-9-15(10-8-14)12(16)17-13(3,4)5;1-3-4-2/h6H,7-10H2,1-5H3;3H,1,4H2,2H3/b11-6+;. The Labute approximate surface area is 130 Å². The van der Waals surface area contributed by atoms with Gasteiger partial charge in [-0.25, -0.2) is 4.79 Å². The number of allylic oxidation sites excluding steroid dienone is 3. The number of piperazine rings is 1. The van der Waals surface area contributed by atoms with Crippen LogP contribution in [0.25, 0.3) is 0 Å². The van der Waals surface area contributed by atoms with Gasteiger partial charge in [0, 0.05) is 31.9 Å². The van der Waals surface area contributed by atoms with Gasteiger partial charge in [0.05, 0.1) is 0 Å². The largest absolute Gasteiger partial charge is 0.444 e. The first-order valence-electron chi connectivity index (χ1n) is 7.71. The van der Waals surface area contributed by atoms with Gasteiger partial charge in [0.15, 0.2) is 0 Å². The Hall–Kier alpha value is -1.45. The average Bonchev–Trinajstić information content (AvgIpc) is 2.45. The molecule has 0 unspecified atom stereocenters. The second kappa shape index (κ2) is 9.48. The van der Waals surface area contributed by atoms with Gasteiger partial charge in [0.1, 0.15) is 5.60 Å². The van der Waals surface area contributed by atoms with E-state index in [2.05, 4.69) is 31.4 Å². The first-order valence-corrected chi connectivity index (χ1v) is 7.71. The zero-order valence-electron chi connectivity index (χ0n) is 14.6. The van der Waals surface area contributed by atoms with E-state index in [1.165, 1.54) is 5.70 Å². The van der Waals surface area contributed by atoms with E-state index in [4.69, 9.17) is 4.74 Å². The third kappa shape index (κ3) is 8.43. The third-order valence-corrected chi connectivity index (χ3v) is 3.14. The van der Waals surface area contributed by atoms with E-state index in [0.29, 0.717) is 0 Å². The van der Waals surface area contributed by atoms with E-state index in [1.54, 1.807) is 4.90 Å². The summed E-state index contributed by atoms with van der Waals surface area (Å²) in [6, 6.07) is 0. The minimum Gasteiger partial charge on any atom is -0.444 e. The molecule has 1 saturated heterocycles. The number of carbonyl (C=O) groups excluding carboxylic acids is 1. The summed E-state index contributed by atoms with van der Waals surface area (Å²) >= 11 is 0. The maximum Gasteiger partial charge on any atom is 0.410 e. The fourth-order valence-electron chi connectivity index (χ4n) is 1.75. The van der Waals surface area contributed by atoms with Crippen molar-refractivity contribution < 1.29 is 9.53 Å². The van der Waals surface area contributed by atoms with Crippen molar-refractivity contribution in [2.45, 2.75) is 53.6 Å². The van der Waals surface area contributed by atoms with Crippen LogP contribution in [0.1, 0.15) is 48.0 Å². The van der Waals surface area contributed by atoms with Gasteiger partial charge in [0.25, 0.3) is 0 Å². The van der Waals surface area contributed by atoms with E-state index in [-0.39, 0.29) is 6.09 Å². The number of amides is 1. The molecule has 1 amide bonds. The van der Waals surface area contributed by atoms with Crippen LogP contribution in [0.2, 0.25) is 0 Å². The molecule has 0 bridgehead atoms. The molecule has 21 heavy (non-hydrogen) atoms. The highest BCUT2D eigenvalue weighted by atomic mass is 16.6. The van der Waals surface area contributed by atoms with Crippen LogP contribution in [0.3, 0.4) is 0 Å². The molecule has 122 valence electrons. The van der Waals surface area contributed by atoms with Crippen molar-refractivity contribution in [3.63, 3.8) is 0 Å². The highest BCUT2D eigenvalue weighted by molar-refractivity contribution is 5.68. The summed E-state index contributed by atoms with van der Waals surface area (Å²) < 4.78 is 5.35. The topological polar surface area (TPSA) is 32.8 Å². The van der Waals surface area contributed by atoms with Gasteiger partial charge in [-0.05, 0) is 41.0 Å². The predicted octanol–water partition coefficient (Wildman–Crippen LogP) is 4.05. The monoisotopic (exact) mass is 296 g/mol. The molecule has 1 rings (SSSR count). The van der Waals surface area contributed by atoms with Crippen LogP contribution < -0.4 is 0 Å². The number of nitrogens with zero attached hydrogens (tertiary/aromatic N) is 2. The first-order chi connectivity index (χ1) is 9.75. The number of hydrogen-bond acceptors (Lipinski definition) is 3. The minimum atomic E-state index is -0.409. The molecule has 0 N–H and O–H groups in total. The fraction of sp³-hybridized carbons (Fsp3) is 0.706. The second-order valence-electron chi connectivity index (χ2n) is 6.08. The minimum absolute atomic E-state index is 0.199. The lowest BCUT2D eigenvalue weighted by Gasteiger charge is -2.37. The van der Waals surface area contributed by atoms with Crippen molar-refractivity contribution in [1.82, 2.24) is 9.80 Å². The van der Waals surface area contributed by atoms with Crippen LogP contribution >= 0.6 is 0 Å². The van der Waals surface area contributed by atoms with Crippen LogP contribution in [0.5, 0.6) is 0 Å². The SMILES string of the molecule is C/C=C(\C)N1CCN(C(=O)OC(C)(C)C)CC1.C=CCC. The van der Waals surface area contributed by atoms with Crippen LogP contribution in [-0.2, 0) is 4.74 Å². The highest BCUT2D eigenvalue weighted by Crippen LogP contribution is 2.13. The smallest absolute Gasteiger partial charge is 0.410 e. The molecule has 0 aromatic carbocycles. The van der Waals surface area contributed by atoms with E-state index in [0.717, 1.165) is 32.6 Å². The van der Waals surface area contributed by atoms with Crippen LogP contribution in [-0.4, -0.2) is 47.7 Å². The Bertz CT molecular complexity index is 348. The highest BCUT2D eigenvalue weighted by Gasteiger charge is 2.25. The molecule has 0 radical (unpaired) electrons. The number of ether oxygens (including phenoxy) is 1. The third-order valence-electron chi connectivity index (χ3n) is 3.14. The predicted molar refractivity (Wildman–Crippen MR) is 89.3 cm³/mol. The van der Waals surface area contributed by atoms with Crippen molar-refractivity contribution in [3.8, 4) is 0 Å². The molecule has 0 aliphatic carbocycles. The van der Waals surface area contributed by atoms with Gasteiger partial charge in [-0.1, -0.05) is 19.1 Å². The lowest BCUT2D eigenvalue weighted by Crippen LogP contribution is -2.49. The second-order valence-corrected chi connectivity index (χ2v) is 6.08. The molecule has 0 aromatic heterocycles. The fourth-order valence-corrected chi connectivity index (χ4v) is 1.75. The van der Waals surface area contributed by atoms with E-state index >= 15 is 0 Å². The molecule has 1 aliphatic rings. The summed E-state index contributed by atoms with van der Waals surface area (Å²) in [5, 5.41) is 0. The maximum atomic E-state index is 11.8. The first kappa shape index (κ1) is 19.6. The number of carbonyl (C=O) groups is 1. The Balaban J connectivity index is 0.000000885. The van der Waals surface area contributed by atoms with Gasteiger partial charge in [-0.3, -0.25) is 0 Å². The van der Waals surface area contributed by atoms with Crippen molar-refractivity contribution in [3.05, 3.63) is 24.4 Å². The van der Waals surface area contributed by atoms with Crippen molar-refractivity contribution in [2.75, 3.05) is 26.2 Å². The molecule has 1 aliphatic heterocycles. The molecule has 1 heterocycles. The van der Waals surface area contributed by atoms with Crippen LogP contribution in [0.15, 0.2) is 24.4 Å². The molecule has 0 saturated carbocycles. The normalized spacial score (nSPS) is 16.0. The van der Waals surface area contributed by atoms with Crippen LogP contribution in [0.4, 0.5) is 4.79 Å². The lowest BCUT2D eigenvalue weighted by molar-refractivity contribution is 0.0169. The molecule has 0 spiro atoms. The molecule has 4 nitrogen and oxygen atoms in total. The maximum absolute atomic E-state index is 11.8. The summed E-state index contributed by atoms with van der Waals surface area (Å²) in [6.07, 6.45) is 4.86. The van der Waals surface area contributed by atoms with Gasteiger partial charge in [0.2, 0.25) is 0 Å². The van der Waals surface area contributed by atoms with Crippen molar-refractivity contribution in [2.24, 2.45) is 0 Å². The Morgan fingerprint density at radius 1 is 1.19 bits per heavy atom. The summed E-state index contributed by atoms with van der Waals surface area (Å²) in [5.74, 6) is 0. The van der Waals surface area contributed by atoms with Gasteiger partial charge < -0.3 is 14.5 Å². The Morgan fingerprint density at radius 2 is 1.62 bits per heavy atom. The summed E-state index contributed by atoms with van der Waals surface area (Å²) in [5.41, 5.74) is 0.863. The number of hydrogen-bond donors (Lipinski definition) is 0. The Morgan fingerprint density at radius 3 is 1.95 bits per heavy atom. The van der Waals surface area contributed by atoms with Gasteiger partial charge >= 0.3 is 6.09 Å². The summed E-state index contributed by atoms with van der Waals surface area (Å²) in [4.78, 5) is 15.9. The molecular formula is C17H32N2O2. The zero-order valence-corrected chi connectivity index (χ0v) is 14.6. The lowest BCUT2D eigenvalue weighted by atomic mass is 10.2. The number of rotatable bonds is 2. The quantitative estimate of drug-likeness (QED) is 0.721. The molecule has 0 atom stereocenters. The molecular weight excluding hydrogens is 264 g/mol. The molecule has 0 aromatic rings. The molecule has 1 fully saturated rings. The van der Waals surface area contributed by atoms with Gasteiger partial charge in [-0.15, -0.1) is 6.58 Å². The zero-order chi connectivity index (χ0) is 16.5.